The number of carboxylic acids is 1. The molecule has 0 aromatic rings. The van der Waals surface area contributed by atoms with Crippen LogP contribution in [0, 0.1) is 5.92 Å². The molecule has 0 spiro atoms. The molecule has 0 amide bonds. The van der Waals surface area contributed by atoms with Crippen molar-refractivity contribution in [2.75, 3.05) is 19.6 Å². The lowest BCUT2D eigenvalue weighted by molar-refractivity contribution is -0.138. The summed E-state index contributed by atoms with van der Waals surface area (Å²) >= 11 is 0. The van der Waals surface area contributed by atoms with Crippen molar-refractivity contribution in [2.24, 2.45) is 5.92 Å². The van der Waals surface area contributed by atoms with Crippen molar-refractivity contribution in [1.29, 1.82) is 0 Å². The largest absolute Gasteiger partial charge is 0.480 e. The maximum atomic E-state index is 10.8. The van der Waals surface area contributed by atoms with Crippen LogP contribution in [-0.4, -0.2) is 47.3 Å². The number of hydrogen-bond donors (Lipinski definition) is 1. The van der Waals surface area contributed by atoms with Gasteiger partial charge in [0.1, 0.15) is 0 Å². The van der Waals surface area contributed by atoms with Crippen molar-refractivity contribution in [3.63, 3.8) is 0 Å². The van der Waals surface area contributed by atoms with Gasteiger partial charge in [-0.3, -0.25) is 9.69 Å². The Kier molecular flexibility index (Phi) is 3.73. The van der Waals surface area contributed by atoms with Gasteiger partial charge in [-0.05, 0) is 45.4 Å². The van der Waals surface area contributed by atoms with Crippen molar-refractivity contribution in [2.45, 2.75) is 51.2 Å². The van der Waals surface area contributed by atoms with E-state index in [1.54, 1.807) is 0 Å². The molecule has 1 unspecified atom stereocenters. The maximum absolute atomic E-state index is 10.8. The highest BCUT2D eigenvalue weighted by Gasteiger charge is 2.34. The summed E-state index contributed by atoms with van der Waals surface area (Å²) in [5.74, 6) is -0.00771. The van der Waals surface area contributed by atoms with Gasteiger partial charge >= 0.3 is 5.97 Å². The molecule has 2 rings (SSSR count). The first-order chi connectivity index (χ1) is 7.94. The molecule has 2 aliphatic rings. The summed E-state index contributed by atoms with van der Waals surface area (Å²) in [6, 6.07) is 0. The molecule has 0 aromatic carbocycles. The fourth-order valence-electron chi connectivity index (χ4n) is 2.55. The van der Waals surface area contributed by atoms with Crippen LogP contribution in [0.1, 0.15) is 39.5 Å². The van der Waals surface area contributed by atoms with Crippen LogP contribution in [0.3, 0.4) is 0 Å². The van der Waals surface area contributed by atoms with E-state index in [1.807, 2.05) is 4.90 Å². The summed E-state index contributed by atoms with van der Waals surface area (Å²) in [6.07, 6.45) is 4.85. The minimum Gasteiger partial charge on any atom is -0.480 e. The van der Waals surface area contributed by atoms with E-state index in [1.165, 1.54) is 12.8 Å². The molecule has 1 atom stereocenters. The Morgan fingerprint density at radius 1 is 1.35 bits per heavy atom. The van der Waals surface area contributed by atoms with Gasteiger partial charge in [0.2, 0.25) is 0 Å². The zero-order valence-corrected chi connectivity index (χ0v) is 10.8. The molecule has 2 fully saturated rings. The number of carbonyl (C=O) groups is 1. The van der Waals surface area contributed by atoms with E-state index in [2.05, 4.69) is 13.8 Å². The summed E-state index contributed by atoms with van der Waals surface area (Å²) in [5, 5.41) is 8.91. The topological polar surface area (TPSA) is 49.8 Å². The van der Waals surface area contributed by atoms with Crippen molar-refractivity contribution in [3.8, 4) is 0 Å². The van der Waals surface area contributed by atoms with Crippen LogP contribution in [0.25, 0.3) is 0 Å². The van der Waals surface area contributed by atoms with E-state index >= 15 is 0 Å². The number of carboxylic acid groups (broad SMARTS) is 1. The Morgan fingerprint density at radius 2 is 2.06 bits per heavy atom. The third-order valence-corrected chi connectivity index (χ3v) is 3.59. The monoisotopic (exact) mass is 241 g/mol. The lowest BCUT2D eigenvalue weighted by Gasteiger charge is -2.25. The standard InChI is InChI=1S/C13H23NO3/c1-13(2)6-5-11(17-13)8-14(9-12(15)16)7-10-3-4-10/h10-11H,3-9H2,1-2H3,(H,15,16). The molecule has 0 radical (unpaired) electrons. The SMILES string of the molecule is CC1(C)CCC(CN(CC(=O)O)CC2CC2)O1. The summed E-state index contributed by atoms with van der Waals surface area (Å²) < 4.78 is 5.93. The number of ether oxygens (including phenoxy) is 1. The average Bonchev–Trinajstić information content (AvgIpc) is 2.90. The smallest absolute Gasteiger partial charge is 0.317 e. The van der Waals surface area contributed by atoms with E-state index in [0.29, 0.717) is 0 Å². The summed E-state index contributed by atoms with van der Waals surface area (Å²) in [5.41, 5.74) is -0.0286. The molecule has 17 heavy (non-hydrogen) atoms. The minimum atomic E-state index is -0.733. The highest BCUT2D eigenvalue weighted by molar-refractivity contribution is 5.69. The zero-order valence-electron chi connectivity index (χ0n) is 10.8. The number of aliphatic carboxylic acids is 1. The first-order valence-electron chi connectivity index (χ1n) is 6.56. The van der Waals surface area contributed by atoms with E-state index in [0.717, 1.165) is 31.8 Å². The Morgan fingerprint density at radius 3 is 2.53 bits per heavy atom. The van der Waals surface area contributed by atoms with Gasteiger partial charge in [-0.1, -0.05) is 0 Å². The Labute approximate surface area is 103 Å². The Bertz CT molecular complexity index is 286. The van der Waals surface area contributed by atoms with Crippen LogP contribution in [0.15, 0.2) is 0 Å². The molecular weight excluding hydrogens is 218 g/mol. The lowest BCUT2D eigenvalue weighted by Crippen LogP contribution is -2.38. The molecule has 0 bridgehead atoms. The lowest BCUT2D eigenvalue weighted by atomic mass is 10.1. The van der Waals surface area contributed by atoms with Crippen LogP contribution >= 0.6 is 0 Å². The molecule has 1 saturated heterocycles. The molecule has 4 heteroatoms. The van der Waals surface area contributed by atoms with Crippen molar-refractivity contribution in [1.82, 2.24) is 4.90 Å². The van der Waals surface area contributed by atoms with Crippen LogP contribution in [0.2, 0.25) is 0 Å². The highest BCUT2D eigenvalue weighted by Crippen LogP contribution is 2.32. The van der Waals surface area contributed by atoms with Crippen molar-refractivity contribution < 1.29 is 14.6 Å². The zero-order chi connectivity index (χ0) is 12.5. The van der Waals surface area contributed by atoms with Gasteiger partial charge in [0.25, 0.3) is 0 Å². The van der Waals surface area contributed by atoms with E-state index < -0.39 is 5.97 Å². The second kappa shape index (κ2) is 4.94. The maximum Gasteiger partial charge on any atom is 0.317 e. The fourth-order valence-corrected chi connectivity index (χ4v) is 2.55. The number of rotatable bonds is 6. The van der Waals surface area contributed by atoms with Gasteiger partial charge in [-0.25, -0.2) is 0 Å². The molecule has 1 aliphatic carbocycles. The van der Waals surface area contributed by atoms with E-state index in [9.17, 15) is 4.79 Å². The molecule has 98 valence electrons. The molecule has 1 N–H and O–H groups in total. The molecule has 4 nitrogen and oxygen atoms in total. The van der Waals surface area contributed by atoms with Crippen LogP contribution in [-0.2, 0) is 9.53 Å². The summed E-state index contributed by atoms with van der Waals surface area (Å²) in [6.45, 7) is 6.06. The highest BCUT2D eigenvalue weighted by atomic mass is 16.5. The first-order valence-corrected chi connectivity index (χ1v) is 6.56. The fraction of sp³-hybridized carbons (Fsp3) is 0.923. The molecule has 1 heterocycles. The van der Waals surface area contributed by atoms with Gasteiger partial charge in [0.05, 0.1) is 18.2 Å². The van der Waals surface area contributed by atoms with Gasteiger partial charge in [-0.2, -0.15) is 0 Å². The van der Waals surface area contributed by atoms with Crippen LogP contribution in [0.4, 0.5) is 0 Å². The summed E-state index contributed by atoms with van der Waals surface area (Å²) in [7, 11) is 0. The molecule has 1 saturated carbocycles. The summed E-state index contributed by atoms with van der Waals surface area (Å²) in [4.78, 5) is 12.9. The normalized spacial score (nSPS) is 27.6. The van der Waals surface area contributed by atoms with Gasteiger partial charge in [-0.15, -0.1) is 0 Å². The molecule has 0 aromatic heterocycles. The van der Waals surface area contributed by atoms with E-state index in [4.69, 9.17) is 9.84 Å². The molecule has 1 aliphatic heterocycles. The second-order valence-electron chi connectivity index (χ2n) is 6.07. The van der Waals surface area contributed by atoms with Gasteiger partial charge in [0.15, 0.2) is 0 Å². The van der Waals surface area contributed by atoms with Crippen LogP contribution in [0.5, 0.6) is 0 Å². The van der Waals surface area contributed by atoms with Gasteiger partial charge in [0, 0.05) is 13.1 Å². The predicted octanol–water partition coefficient (Wildman–Crippen LogP) is 1.74. The average molecular weight is 241 g/mol. The Balaban J connectivity index is 1.81. The minimum absolute atomic E-state index is 0.0286. The Hall–Kier alpha value is -0.610. The quantitative estimate of drug-likeness (QED) is 0.769. The number of hydrogen-bond acceptors (Lipinski definition) is 3. The van der Waals surface area contributed by atoms with Crippen LogP contribution < -0.4 is 0 Å². The van der Waals surface area contributed by atoms with Crippen molar-refractivity contribution in [3.05, 3.63) is 0 Å². The first kappa shape index (κ1) is 12.8. The van der Waals surface area contributed by atoms with E-state index in [-0.39, 0.29) is 18.2 Å². The van der Waals surface area contributed by atoms with Crippen molar-refractivity contribution >= 4 is 5.97 Å². The number of nitrogens with zero attached hydrogens (tertiary/aromatic N) is 1. The molecular formula is C13H23NO3. The third kappa shape index (κ3) is 4.28. The van der Waals surface area contributed by atoms with Gasteiger partial charge < -0.3 is 9.84 Å². The third-order valence-electron chi connectivity index (χ3n) is 3.59. The second-order valence-corrected chi connectivity index (χ2v) is 6.07. The predicted molar refractivity (Wildman–Crippen MR) is 65.0 cm³/mol.